The molecule has 8 heteroatoms. The van der Waals surface area contributed by atoms with E-state index in [2.05, 4.69) is 0 Å². The minimum absolute atomic E-state index is 0.112. The fourth-order valence-corrected chi connectivity index (χ4v) is 4.85. The van der Waals surface area contributed by atoms with Crippen molar-refractivity contribution >= 4 is 27.6 Å². The number of hydrogen-bond donors (Lipinski definition) is 0. The molecule has 2 aliphatic heterocycles. The summed E-state index contributed by atoms with van der Waals surface area (Å²) in [4.78, 5) is 25.5. The third kappa shape index (κ3) is 3.55. The first-order valence-corrected chi connectivity index (χ1v) is 9.86. The second kappa shape index (κ2) is 7.13. The Morgan fingerprint density at radius 3 is 2.36 bits per heavy atom. The summed E-state index contributed by atoms with van der Waals surface area (Å²) in [6.07, 6.45) is 2.94. The third-order valence-corrected chi connectivity index (χ3v) is 6.67. The van der Waals surface area contributed by atoms with Gasteiger partial charge < -0.3 is 9.64 Å². The average Bonchev–Trinajstić information content (AvgIpc) is 3.03. The molecule has 2 saturated heterocycles. The van der Waals surface area contributed by atoms with Crippen LogP contribution in [0, 0.1) is 5.92 Å². The van der Waals surface area contributed by atoms with Gasteiger partial charge in [0, 0.05) is 31.7 Å². The number of ether oxygens (including phenoxy) is 1. The Morgan fingerprint density at radius 2 is 1.76 bits per heavy atom. The van der Waals surface area contributed by atoms with E-state index < -0.39 is 21.9 Å². The van der Waals surface area contributed by atoms with Crippen LogP contribution >= 0.6 is 0 Å². The molecule has 2 aliphatic rings. The SMILES string of the molecule is COC(=O)C1CC(=O)N(c2ccc(S(=O)(=O)N3CCCCC3)cc2)C1. The molecule has 2 heterocycles. The highest BCUT2D eigenvalue weighted by molar-refractivity contribution is 7.89. The van der Waals surface area contributed by atoms with E-state index in [9.17, 15) is 18.0 Å². The lowest BCUT2D eigenvalue weighted by Crippen LogP contribution is -2.35. The van der Waals surface area contributed by atoms with Gasteiger partial charge in [0.25, 0.3) is 0 Å². The van der Waals surface area contributed by atoms with E-state index in [1.54, 1.807) is 12.1 Å². The summed E-state index contributed by atoms with van der Waals surface area (Å²) in [6, 6.07) is 6.29. The highest BCUT2D eigenvalue weighted by Crippen LogP contribution is 2.28. The van der Waals surface area contributed by atoms with Crippen LogP contribution in [0.25, 0.3) is 0 Å². The number of carbonyl (C=O) groups is 2. The van der Waals surface area contributed by atoms with E-state index in [4.69, 9.17) is 4.74 Å². The molecule has 1 aromatic rings. The lowest BCUT2D eigenvalue weighted by molar-refractivity contribution is -0.145. The lowest BCUT2D eigenvalue weighted by atomic mass is 10.1. The summed E-state index contributed by atoms with van der Waals surface area (Å²) in [7, 11) is -2.19. The number of methoxy groups -OCH3 is 1. The van der Waals surface area contributed by atoms with Crippen LogP contribution < -0.4 is 4.90 Å². The van der Waals surface area contributed by atoms with E-state index in [0.717, 1.165) is 19.3 Å². The van der Waals surface area contributed by atoms with E-state index in [1.807, 2.05) is 0 Å². The summed E-state index contributed by atoms with van der Waals surface area (Å²) in [5.74, 6) is -1.04. The monoisotopic (exact) mass is 366 g/mol. The summed E-state index contributed by atoms with van der Waals surface area (Å²) in [6.45, 7) is 1.36. The van der Waals surface area contributed by atoms with Gasteiger partial charge in [0.15, 0.2) is 0 Å². The predicted molar refractivity (Wildman–Crippen MR) is 91.5 cm³/mol. The smallest absolute Gasteiger partial charge is 0.311 e. The van der Waals surface area contributed by atoms with E-state index in [0.29, 0.717) is 18.8 Å². The normalized spacial score (nSPS) is 22.2. The van der Waals surface area contributed by atoms with Crippen LogP contribution in [0.4, 0.5) is 5.69 Å². The van der Waals surface area contributed by atoms with Crippen molar-refractivity contribution in [3.8, 4) is 0 Å². The highest BCUT2D eigenvalue weighted by Gasteiger charge is 2.36. The maximum Gasteiger partial charge on any atom is 0.311 e. The average molecular weight is 366 g/mol. The minimum Gasteiger partial charge on any atom is -0.469 e. The van der Waals surface area contributed by atoms with Gasteiger partial charge in [-0.05, 0) is 37.1 Å². The van der Waals surface area contributed by atoms with E-state index in [1.165, 1.54) is 28.4 Å². The van der Waals surface area contributed by atoms with Gasteiger partial charge in [-0.15, -0.1) is 0 Å². The Labute approximate surface area is 147 Å². The zero-order chi connectivity index (χ0) is 18.0. The zero-order valence-corrected chi connectivity index (χ0v) is 15.0. The molecule has 0 aromatic heterocycles. The van der Waals surface area contributed by atoms with Crippen molar-refractivity contribution in [3.63, 3.8) is 0 Å². The zero-order valence-electron chi connectivity index (χ0n) is 14.2. The number of sulfonamides is 1. The summed E-state index contributed by atoms with van der Waals surface area (Å²) >= 11 is 0. The molecule has 1 amide bonds. The molecule has 0 aliphatic carbocycles. The molecule has 0 saturated carbocycles. The van der Waals surface area contributed by atoms with Crippen molar-refractivity contribution in [2.45, 2.75) is 30.6 Å². The lowest BCUT2D eigenvalue weighted by Gasteiger charge is -2.26. The van der Waals surface area contributed by atoms with Crippen LogP contribution in [0.15, 0.2) is 29.2 Å². The molecular weight excluding hydrogens is 344 g/mol. The van der Waals surface area contributed by atoms with Gasteiger partial charge >= 0.3 is 5.97 Å². The topological polar surface area (TPSA) is 84.0 Å². The van der Waals surface area contributed by atoms with Crippen molar-refractivity contribution in [3.05, 3.63) is 24.3 Å². The Bertz CT molecular complexity index is 754. The predicted octanol–water partition coefficient (Wildman–Crippen LogP) is 1.39. The number of carbonyl (C=O) groups excluding carboxylic acids is 2. The number of amides is 1. The number of anilines is 1. The number of hydrogen-bond acceptors (Lipinski definition) is 5. The van der Waals surface area contributed by atoms with E-state index in [-0.39, 0.29) is 23.8 Å². The first kappa shape index (κ1) is 17.9. The first-order chi connectivity index (χ1) is 11.9. The van der Waals surface area contributed by atoms with Gasteiger partial charge in [0.2, 0.25) is 15.9 Å². The van der Waals surface area contributed by atoms with Crippen LogP contribution in [-0.2, 0) is 24.3 Å². The summed E-state index contributed by atoms with van der Waals surface area (Å²) in [5.41, 5.74) is 0.592. The molecular formula is C17H22N2O5S. The van der Waals surface area contributed by atoms with Gasteiger partial charge in [-0.25, -0.2) is 8.42 Å². The molecule has 1 unspecified atom stereocenters. The standard InChI is InChI=1S/C17H22N2O5S/c1-24-17(21)13-11-16(20)19(12-13)14-5-7-15(8-6-14)25(22,23)18-9-3-2-4-10-18/h5-8,13H,2-4,9-12H2,1H3. The second-order valence-corrected chi connectivity index (χ2v) is 8.33. The molecule has 0 N–H and O–H groups in total. The van der Waals surface area contributed by atoms with Crippen molar-refractivity contribution in [2.75, 3.05) is 31.6 Å². The molecule has 136 valence electrons. The number of benzene rings is 1. The Hall–Kier alpha value is -1.93. The van der Waals surface area contributed by atoms with Gasteiger partial charge in [0.05, 0.1) is 17.9 Å². The van der Waals surface area contributed by atoms with Crippen molar-refractivity contribution in [2.24, 2.45) is 5.92 Å². The van der Waals surface area contributed by atoms with Gasteiger partial charge in [0.1, 0.15) is 0 Å². The van der Waals surface area contributed by atoms with E-state index >= 15 is 0 Å². The molecule has 25 heavy (non-hydrogen) atoms. The molecule has 0 spiro atoms. The van der Waals surface area contributed by atoms with Crippen molar-refractivity contribution < 1.29 is 22.7 Å². The maximum absolute atomic E-state index is 12.6. The number of nitrogens with zero attached hydrogens (tertiary/aromatic N) is 2. The maximum atomic E-state index is 12.6. The quantitative estimate of drug-likeness (QED) is 0.752. The number of piperidine rings is 1. The van der Waals surface area contributed by atoms with Crippen LogP contribution in [0.5, 0.6) is 0 Å². The largest absolute Gasteiger partial charge is 0.469 e. The third-order valence-electron chi connectivity index (χ3n) is 4.76. The fourth-order valence-electron chi connectivity index (χ4n) is 3.33. The molecule has 7 nitrogen and oxygen atoms in total. The summed E-state index contributed by atoms with van der Waals surface area (Å²) < 4.78 is 31.5. The molecule has 3 rings (SSSR count). The highest BCUT2D eigenvalue weighted by atomic mass is 32.2. The van der Waals surface area contributed by atoms with Gasteiger partial charge in [-0.2, -0.15) is 4.31 Å². The van der Waals surface area contributed by atoms with Crippen molar-refractivity contribution in [1.29, 1.82) is 0 Å². The minimum atomic E-state index is -3.49. The molecule has 2 fully saturated rings. The van der Waals surface area contributed by atoms with Crippen LogP contribution in [0.1, 0.15) is 25.7 Å². The van der Waals surface area contributed by atoms with Gasteiger partial charge in [-0.1, -0.05) is 6.42 Å². The molecule has 0 radical (unpaired) electrons. The van der Waals surface area contributed by atoms with Crippen LogP contribution in [0.3, 0.4) is 0 Å². The van der Waals surface area contributed by atoms with Gasteiger partial charge in [-0.3, -0.25) is 9.59 Å². The van der Waals surface area contributed by atoms with Crippen molar-refractivity contribution in [1.82, 2.24) is 4.31 Å². The number of esters is 1. The molecule has 1 atom stereocenters. The second-order valence-electron chi connectivity index (χ2n) is 6.39. The van der Waals surface area contributed by atoms with Crippen LogP contribution in [-0.4, -0.2) is 51.3 Å². The Kier molecular flexibility index (Phi) is 5.10. The summed E-state index contributed by atoms with van der Waals surface area (Å²) in [5, 5.41) is 0. The van der Waals surface area contributed by atoms with Crippen LogP contribution in [0.2, 0.25) is 0 Å². The molecule has 1 aromatic carbocycles. The Balaban J connectivity index is 1.76. The first-order valence-electron chi connectivity index (χ1n) is 8.42. The molecule has 0 bridgehead atoms. The number of rotatable bonds is 4. The Morgan fingerprint density at radius 1 is 1.12 bits per heavy atom. The fraction of sp³-hybridized carbons (Fsp3) is 0.529.